The first kappa shape index (κ1) is 19.3. The molecule has 0 fully saturated rings. The van der Waals surface area contributed by atoms with E-state index in [1.54, 1.807) is 24.3 Å². The van der Waals surface area contributed by atoms with E-state index in [-0.39, 0.29) is 11.1 Å². The van der Waals surface area contributed by atoms with Gasteiger partial charge in [-0.3, -0.25) is 14.9 Å². The molecule has 0 aliphatic rings. The van der Waals surface area contributed by atoms with Gasteiger partial charge in [0.05, 0.1) is 23.2 Å². The average molecular weight is 422 g/mol. The van der Waals surface area contributed by atoms with Crippen LogP contribution in [0.2, 0.25) is 0 Å². The first-order valence-electron chi connectivity index (χ1n) is 7.15. The third-order valence-electron chi connectivity index (χ3n) is 3.29. The number of rotatable bonds is 6. The first-order chi connectivity index (χ1) is 12.3. The van der Waals surface area contributed by atoms with Crippen LogP contribution in [-0.2, 0) is 9.47 Å². The number of nitro groups is 1. The quantitative estimate of drug-likeness (QED) is 0.304. The van der Waals surface area contributed by atoms with Gasteiger partial charge in [-0.15, -0.1) is 0 Å². The van der Waals surface area contributed by atoms with Crippen LogP contribution in [0.4, 0.5) is 5.69 Å². The molecule has 0 atom stereocenters. The lowest BCUT2D eigenvalue weighted by Crippen LogP contribution is -2.15. The van der Waals surface area contributed by atoms with Crippen LogP contribution in [0, 0.1) is 10.1 Å². The summed E-state index contributed by atoms with van der Waals surface area (Å²) in [5.41, 5.74) is -0.537. The second-order valence-electron chi connectivity index (χ2n) is 5.02. The van der Waals surface area contributed by atoms with Gasteiger partial charge in [0.2, 0.25) is 0 Å². The summed E-state index contributed by atoms with van der Waals surface area (Å²) >= 11 is 3.24. The van der Waals surface area contributed by atoms with E-state index in [4.69, 9.17) is 4.74 Å². The zero-order chi connectivity index (χ0) is 19.3. The molecular formula is C17H12BrNO7. The monoisotopic (exact) mass is 421 g/mol. The summed E-state index contributed by atoms with van der Waals surface area (Å²) < 4.78 is 10.2. The molecule has 0 radical (unpaired) electrons. The van der Waals surface area contributed by atoms with Crippen LogP contribution in [0.1, 0.15) is 31.1 Å². The molecule has 8 nitrogen and oxygen atoms in total. The minimum atomic E-state index is -0.968. The van der Waals surface area contributed by atoms with E-state index < -0.39 is 34.9 Å². The Labute approximate surface area is 156 Å². The Morgan fingerprint density at radius 3 is 2.12 bits per heavy atom. The highest BCUT2D eigenvalue weighted by Crippen LogP contribution is 2.19. The van der Waals surface area contributed by atoms with E-state index in [2.05, 4.69) is 20.7 Å². The Morgan fingerprint density at radius 1 is 1.00 bits per heavy atom. The van der Waals surface area contributed by atoms with E-state index in [1.165, 1.54) is 0 Å². The van der Waals surface area contributed by atoms with Gasteiger partial charge in [-0.05, 0) is 18.2 Å². The van der Waals surface area contributed by atoms with Gasteiger partial charge in [-0.2, -0.15) is 0 Å². The van der Waals surface area contributed by atoms with E-state index in [1.807, 2.05) is 0 Å². The SMILES string of the molecule is COC(=O)c1cc(C(=O)OCC(=O)c2ccc(Br)cc2)cc([N+](=O)[O-])c1. The lowest BCUT2D eigenvalue weighted by Gasteiger charge is -2.06. The molecule has 0 aliphatic carbocycles. The van der Waals surface area contributed by atoms with Crippen LogP contribution in [0.15, 0.2) is 46.9 Å². The van der Waals surface area contributed by atoms with E-state index >= 15 is 0 Å². The first-order valence-corrected chi connectivity index (χ1v) is 7.95. The van der Waals surface area contributed by atoms with E-state index in [9.17, 15) is 24.5 Å². The minimum Gasteiger partial charge on any atom is -0.465 e. The molecule has 2 aromatic carbocycles. The molecule has 26 heavy (non-hydrogen) atoms. The van der Waals surface area contributed by atoms with Crippen LogP contribution in [-0.4, -0.2) is 36.4 Å². The summed E-state index contributed by atoms with van der Waals surface area (Å²) in [5, 5.41) is 11.0. The Bertz CT molecular complexity index is 877. The molecule has 0 heterocycles. The number of esters is 2. The van der Waals surface area contributed by atoms with Gasteiger partial charge >= 0.3 is 11.9 Å². The number of Topliss-reactive ketones (excluding diaryl/α,β-unsaturated/α-hetero) is 1. The van der Waals surface area contributed by atoms with Gasteiger partial charge in [-0.1, -0.05) is 28.1 Å². The molecule has 0 N–H and O–H groups in total. The topological polar surface area (TPSA) is 113 Å². The van der Waals surface area contributed by atoms with Crippen LogP contribution < -0.4 is 0 Å². The largest absolute Gasteiger partial charge is 0.465 e. The molecule has 0 aromatic heterocycles. The molecule has 2 rings (SSSR count). The molecule has 2 aromatic rings. The summed E-state index contributed by atoms with van der Waals surface area (Å²) in [6.45, 7) is -0.545. The fourth-order valence-electron chi connectivity index (χ4n) is 2.00. The van der Waals surface area contributed by atoms with Crippen molar-refractivity contribution in [3.8, 4) is 0 Å². The third-order valence-corrected chi connectivity index (χ3v) is 3.81. The number of nitro benzene ring substituents is 1. The Hall–Kier alpha value is -3.07. The molecule has 0 spiro atoms. The van der Waals surface area contributed by atoms with Gasteiger partial charge < -0.3 is 9.47 Å². The van der Waals surface area contributed by atoms with Crippen LogP contribution in [0.5, 0.6) is 0 Å². The zero-order valence-corrected chi connectivity index (χ0v) is 15.0. The highest BCUT2D eigenvalue weighted by molar-refractivity contribution is 9.10. The van der Waals surface area contributed by atoms with Crippen molar-refractivity contribution in [1.82, 2.24) is 0 Å². The van der Waals surface area contributed by atoms with Crippen molar-refractivity contribution in [3.05, 3.63) is 73.7 Å². The molecule has 9 heteroatoms. The maximum absolute atomic E-state index is 12.1. The number of ether oxygens (including phenoxy) is 2. The fourth-order valence-corrected chi connectivity index (χ4v) is 2.27. The molecule has 134 valence electrons. The van der Waals surface area contributed by atoms with Crippen molar-refractivity contribution in [2.45, 2.75) is 0 Å². The Kier molecular flexibility index (Phi) is 6.18. The van der Waals surface area contributed by atoms with Crippen molar-refractivity contribution in [3.63, 3.8) is 0 Å². The third kappa shape index (κ3) is 4.73. The minimum absolute atomic E-state index is 0.173. The van der Waals surface area contributed by atoms with Crippen molar-refractivity contribution in [2.75, 3.05) is 13.7 Å². The van der Waals surface area contributed by atoms with Crippen molar-refractivity contribution < 1.29 is 28.8 Å². The predicted molar refractivity (Wildman–Crippen MR) is 93.2 cm³/mol. The number of methoxy groups -OCH3 is 1. The average Bonchev–Trinajstić information content (AvgIpc) is 2.65. The fraction of sp³-hybridized carbons (Fsp3) is 0.118. The number of ketones is 1. The van der Waals surface area contributed by atoms with Crippen LogP contribution in [0.25, 0.3) is 0 Å². The second-order valence-corrected chi connectivity index (χ2v) is 5.94. The van der Waals surface area contributed by atoms with Crippen LogP contribution >= 0.6 is 15.9 Å². The van der Waals surface area contributed by atoms with Crippen molar-refractivity contribution >= 4 is 39.3 Å². The maximum Gasteiger partial charge on any atom is 0.338 e. The smallest absolute Gasteiger partial charge is 0.338 e. The van der Waals surface area contributed by atoms with E-state index in [0.717, 1.165) is 29.8 Å². The van der Waals surface area contributed by atoms with Gasteiger partial charge in [0.15, 0.2) is 12.4 Å². The standard InChI is InChI=1S/C17H12BrNO7/c1-25-16(21)11-6-12(8-14(7-11)19(23)24)17(22)26-9-15(20)10-2-4-13(18)5-3-10/h2-8H,9H2,1H3. The molecule has 0 bridgehead atoms. The number of carbonyl (C=O) groups excluding carboxylic acids is 3. The van der Waals surface area contributed by atoms with E-state index in [0.29, 0.717) is 5.56 Å². The summed E-state index contributed by atoms with van der Waals surface area (Å²) in [4.78, 5) is 45.9. The summed E-state index contributed by atoms with van der Waals surface area (Å²) in [6, 6.07) is 9.49. The zero-order valence-electron chi connectivity index (χ0n) is 13.4. The van der Waals surface area contributed by atoms with Crippen molar-refractivity contribution in [2.24, 2.45) is 0 Å². The molecule has 0 aliphatic heterocycles. The second kappa shape index (κ2) is 8.34. The van der Waals surface area contributed by atoms with Gasteiger partial charge in [-0.25, -0.2) is 9.59 Å². The van der Waals surface area contributed by atoms with Gasteiger partial charge in [0.1, 0.15) is 0 Å². The van der Waals surface area contributed by atoms with Crippen molar-refractivity contribution in [1.29, 1.82) is 0 Å². The number of halogens is 1. The Balaban J connectivity index is 2.16. The number of hydrogen-bond acceptors (Lipinski definition) is 7. The van der Waals surface area contributed by atoms with Gasteiger partial charge in [0, 0.05) is 22.2 Å². The molecule has 0 saturated carbocycles. The molecular weight excluding hydrogens is 410 g/mol. The lowest BCUT2D eigenvalue weighted by molar-refractivity contribution is -0.384. The number of hydrogen-bond donors (Lipinski definition) is 0. The lowest BCUT2D eigenvalue weighted by atomic mass is 10.1. The van der Waals surface area contributed by atoms with Gasteiger partial charge in [0.25, 0.3) is 5.69 Å². The highest BCUT2D eigenvalue weighted by atomic mass is 79.9. The summed E-state index contributed by atoms with van der Waals surface area (Å²) in [6.07, 6.45) is 0. The predicted octanol–water partition coefficient (Wildman–Crippen LogP) is 3.18. The summed E-state index contributed by atoms with van der Waals surface area (Å²) in [5.74, 6) is -2.25. The van der Waals surface area contributed by atoms with Crippen LogP contribution in [0.3, 0.4) is 0 Å². The number of nitrogens with zero attached hydrogens (tertiary/aromatic N) is 1. The molecule has 0 amide bonds. The maximum atomic E-state index is 12.1. The number of non-ortho nitro benzene ring substituents is 1. The molecule has 0 saturated heterocycles. The number of benzene rings is 2. The highest BCUT2D eigenvalue weighted by Gasteiger charge is 2.20. The Morgan fingerprint density at radius 2 is 1.58 bits per heavy atom. The normalized spacial score (nSPS) is 10.1. The number of carbonyl (C=O) groups is 3. The molecule has 0 unspecified atom stereocenters. The summed E-state index contributed by atoms with van der Waals surface area (Å²) in [7, 11) is 1.11.